The third-order valence-electron chi connectivity index (χ3n) is 5.32. The summed E-state index contributed by atoms with van der Waals surface area (Å²) in [6.07, 6.45) is 6.60. The van der Waals surface area contributed by atoms with Crippen LogP contribution in [0.1, 0.15) is 82.9 Å². The van der Waals surface area contributed by atoms with Crippen molar-refractivity contribution < 1.29 is 14.3 Å². The third kappa shape index (κ3) is 5.21. The molecule has 0 bridgehead atoms. The highest BCUT2D eigenvalue weighted by molar-refractivity contribution is 7.20. The van der Waals surface area contributed by atoms with Gasteiger partial charge in [0.2, 0.25) is 0 Å². The first kappa shape index (κ1) is 23.2. The molecule has 0 amide bonds. The molecule has 0 saturated heterocycles. The molecular weight excluding hydrogens is 414 g/mol. The van der Waals surface area contributed by atoms with E-state index in [1.54, 1.807) is 11.3 Å². The van der Waals surface area contributed by atoms with Gasteiger partial charge in [0.05, 0.1) is 22.0 Å². The fourth-order valence-electron chi connectivity index (χ4n) is 3.80. The van der Waals surface area contributed by atoms with Gasteiger partial charge in [0.15, 0.2) is 6.10 Å². The summed E-state index contributed by atoms with van der Waals surface area (Å²) in [6, 6.07) is 2.06. The molecule has 2 heterocycles. The van der Waals surface area contributed by atoms with Crippen molar-refractivity contribution in [3.8, 4) is 9.75 Å². The Balaban J connectivity index is 2.19. The van der Waals surface area contributed by atoms with Crippen molar-refractivity contribution in [2.45, 2.75) is 79.4 Å². The molecule has 4 nitrogen and oxygen atoms in total. The van der Waals surface area contributed by atoms with Gasteiger partial charge in [-0.2, -0.15) is 0 Å². The minimum atomic E-state index is -0.742. The zero-order chi connectivity index (χ0) is 22.1. The van der Waals surface area contributed by atoms with Crippen LogP contribution in [0.3, 0.4) is 0 Å². The summed E-state index contributed by atoms with van der Waals surface area (Å²) >= 11 is 3.22. The first-order chi connectivity index (χ1) is 14.0. The number of carbonyl (C=O) groups excluding carboxylic acids is 1. The Kier molecular flexibility index (Phi) is 6.90. The number of allylic oxidation sites excluding steroid dienone is 2. The molecular formula is C24H33NO3S2. The average molecular weight is 448 g/mol. The zero-order valence-corrected chi connectivity index (χ0v) is 20.8. The molecule has 2 aromatic heterocycles. The zero-order valence-electron chi connectivity index (χ0n) is 19.1. The summed E-state index contributed by atoms with van der Waals surface area (Å²) in [4.78, 5) is 16.5. The first-order valence-corrected chi connectivity index (χ1v) is 12.2. The number of nitrogens with zero attached hydrogens (tertiary/aromatic N) is 1. The topological polar surface area (TPSA) is 48.4 Å². The van der Waals surface area contributed by atoms with E-state index in [9.17, 15) is 4.79 Å². The van der Waals surface area contributed by atoms with Gasteiger partial charge in [-0.15, -0.1) is 11.3 Å². The lowest BCUT2D eigenvalue weighted by Crippen LogP contribution is -2.29. The van der Waals surface area contributed by atoms with Crippen LogP contribution < -0.4 is 0 Å². The van der Waals surface area contributed by atoms with Gasteiger partial charge in [-0.1, -0.05) is 19.9 Å². The van der Waals surface area contributed by atoms with Gasteiger partial charge in [-0.05, 0) is 82.5 Å². The van der Waals surface area contributed by atoms with Gasteiger partial charge in [0.25, 0.3) is 0 Å². The van der Waals surface area contributed by atoms with E-state index in [1.807, 2.05) is 33.9 Å². The number of rotatable bonds is 6. The van der Waals surface area contributed by atoms with Gasteiger partial charge in [0, 0.05) is 22.2 Å². The maximum absolute atomic E-state index is 13.0. The predicted octanol–water partition coefficient (Wildman–Crippen LogP) is 7.19. The Morgan fingerprint density at radius 3 is 2.60 bits per heavy atom. The van der Waals surface area contributed by atoms with Crippen LogP contribution in [-0.2, 0) is 14.3 Å². The molecule has 0 N–H and O–H groups in total. The molecule has 1 unspecified atom stereocenters. The molecule has 1 atom stereocenters. The average Bonchev–Trinajstić information content (AvgIpc) is 3.27. The lowest BCUT2D eigenvalue weighted by Gasteiger charge is -2.31. The van der Waals surface area contributed by atoms with Crippen LogP contribution in [0.4, 0.5) is 0 Å². The second kappa shape index (κ2) is 8.93. The number of hydrogen-bond donors (Lipinski definition) is 0. The minimum Gasteiger partial charge on any atom is -0.464 e. The van der Waals surface area contributed by atoms with Crippen LogP contribution in [0.2, 0.25) is 0 Å². The number of aryl methyl sites for hydroxylation is 1. The van der Waals surface area contributed by atoms with Crippen LogP contribution in [0.5, 0.6) is 0 Å². The summed E-state index contributed by atoms with van der Waals surface area (Å²) in [5.41, 5.74) is 3.25. The van der Waals surface area contributed by atoms with E-state index in [1.165, 1.54) is 22.0 Å². The van der Waals surface area contributed by atoms with Gasteiger partial charge in [0.1, 0.15) is 0 Å². The molecule has 6 heteroatoms. The number of ether oxygens (including phenoxy) is 2. The van der Waals surface area contributed by atoms with Gasteiger partial charge < -0.3 is 9.47 Å². The Labute approximate surface area is 188 Å². The Bertz CT molecular complexity index is 917. The van der Waals surface area contributed by atoms with E-state index < -0.39 is 11.7 Å². The Morgan fingerprint density at radius 2 is 2.07 bits per heavy atom. The standard InChI is InChI=1S/C24H33NO3S2/c1-8-27-22(26)20(28-23(3,4)5)18-15(2)29-21(17-11-14-25-30-17)19(18)16-9-12-24(6,7)13-10-16/h9,11,14,20H,8,10,12-13H2,1-7H3. The summed E-state index contributed by atoms with van der Waals surface area (Å²) in [7, 11) is 0. The lowest BCUT2D eigenvalue weighted by atomic mass is 9.76. The molecule has 0 aliphatic heterocycles. The van der Waals surface area contributed by atoms with Crippen molar-refractivity contribution >= 4 is 34.4 Å². The summed E-state index contributed by atoms with van der Waals surface area (Å²) in [5.74, 6) is -0.317. The number of thiophene rings is 1. The van der Waals surface area contributed by atoms with Gasteiger partial charge in [-0.3, -0.25) is 0 Å². The fourth-order valence-corrected chi connectivity index (χ4v) is 5.71. The Morgan fingerprint density at radius 1 is 1.33 bits per heavy atom. The van der Waals surface area contributed by atoms with E-state index >= 15 is 0 Å². The number of carbonyl (C=O) groups is 1. The van der Waals surface area contributed by atoms with Crippen molar-refractivity contribution in [3.05, 3.63) is 34.3 Å². The smallest absolute Gasteiger partial charge is 0.340 e. The highest BCUT2D eigenvalue weighted by atomic mass is 32.1. The normalized spacial score (nSPS) is 17.5. The van der Waals surface area contributed by atoms with Crippen molar-refractivity contribution in [1.29, 1.82) is 0 Å². The molecule has 164 valence electrons. The molecule has 0 spiro atoms. The van der Waals surface area contributed by atoms with Crippen LogP contribution in [0.15, 0.2) is 18.3 Å². The van der Waals surface area contributed by atoms with Crippen LogP contribution >= 0.6 is 22.9 Å². The van der Waals surface area contributed by atoms with E-state index in [4.69, 9.17) is 9.47 Å². The summed E-state index contributed by atoms with van der Waals surface area (Å²) in [6.45, 7) is 14.8. The second-order valence-electron chi connectivity index (χ2n) is 9.61. The number of hydrogen-bond acceptors (Lipinski definition) is 6. The van der Waals surface area contributed by atoms with Crippen LogP contribution in [0.25, 0.3) is 15.3 Å². The number of aromatic nitrogens is 1. The molecule has 0 radical (unpaired) electrons. The SMILES string of the molecule is CCOC(=O)C(OC(C)(C)C)c1c(C)sc(-c2ccns2)c1C1=CCC(C)(C)CC1. The molecule has 3 rings (SSSR count). The highest BCUT2D eigenvalue weighted by Crippen LogP contribution is 2.49. The van der Waals surface area contributed by atoms with Crippen molar-refractivity contribution in [3.63, 3.8) is 0 Å². The molecule has 0 saturated carbocycles. The molecule has 1 aliphatic rings. The second-order valence-corrected chi connectivity index (χ2v) is 11.7. The largest absolute Gasteiger partial charge is 0.464 e. The maximum atomic E-state index is 13.0. The summed E-state index contributed by atoms with van der Waals surface area (Å²) in [5, 5.41) is 0. The number of esters is 1. The first-order valence-electron chi connectivity index (χ1n) is 10.6. The Hall–Kier alpha value is -1.50. The quantitative estimate of drug-likeness (QED) is 0.440. The van der Waals surface area contributed by atoms with Crippen LogP contribution in [-0.4, -0.2) is 22.6 Å². The van der Waals surface area contributed by atoms with Gasteiger partial charge in [-0.25, -0.2) is 9.17 Å². The van der Waals surface area contributed by atoms with Crippen LogP contribution in [0, 0.1) is 12.3 Å². The highest BCUT2D eigenvalue weighted by Gasteiger charge is 2.36. The molecule has 0 fully saturated rings. The molecule has 2 aromatic rings. The van der Waals surface area contributed by atoms with E-state index in [2.05, 4.69) is 37.3 Å². The molecule has 0 aromatic carbocycles. The monoisotopic (exact) mass is 447 g/mol. The molecule has 1 aliphatic carbocycles. The van der Waals surface area contributed by atoms with Crippen molar-refractivity contribution in [1.82, 2.24) is 4.37 Å². The fraction of sp³-hybridized carbons (Fsp3) is 0.583. The van der Waals surface area contributed by atoms with Crippen molar-refractivity contribution in [2.24, 2.45) is 5.41 Å². The van der Waals surface area contributed by atoms with E-state index in [-0.39, 0.29) is 5.97 Å². The lowest BCUT2D eigenvalue weighted by molar-refractivity contribution is -0.166. The van der Waals surface area contributed by atoms with Gasteiger partial charge >= 0.3 is 5.97 Å². The minimum absolute atomic E-state index is 0.307. The third-order valence-corrected chi connectivity index (χ3v) is 7.37. The predicted molar refractivity (Wildman–Crippen MR) is 126 cm³/mol. The van der Waals surface area contributed by atoms with E-state index in [0.717, 1.165) is 40.1 Å². The summed E-state index contributed by atoms with van der Waals surface area (Å²) < 4.78 is 16.1. The molecule has 30 heavy (non-hydrogen) atoms. The maximum Gasteiger partial charge on any atom is 0.340 e. The van der Waals surface area contributed by atoms with E-state index in [0.29, 0.717) is 12.0 Å². The van der Waals surface area contributed by atoms with Crippen molar-refractivity contribution in [2.75, 3.05) is 6.61 Å².